The van der Waals surface area contributed by atoms with Gasteiger partial charge in [0.25, 0.3) is 5.56 Å². The van der Waals surface area contributed by atoms with E-state index in [4.69, 9.17) is 9.47 Å². The normalized spacial score (nSPS) is 15.9. The topological polar surface area (TPSA) is 69.9 Å². The molecule has 0 radical (unpaired) electrons. The minimum absolute atomic E-state index is 0.207. The fourth-order valence-electron chi connectivity index (χ4n) is 3.71. The van der Waals surface area contributed by atoms with Crippen LogP contribution in [0, 0.1) is 0 Å². The number of allylic oxidation sites excluding steroid dienone is 1. The number of thiazole rings is 1. The van der Waals surface area contributed by atoms with E-state index in [1.165, 1.54) is 11.3 Å². The molecule has 0 saturated heterocycles. The van der Waals surface area contributed by atoms with E-state index in [-0.39, 0.29) is 11.7 Å². The van der Waals surface area contributed by atoms with E-state index in [0.29, 0.717) is 26.4 Å². The number of hydrogen-bond donors (Lipinski definition) is 0. The predicted octanol–water partition coefficient (Wildman–Crippen LogP) is 3.96. The highest BCUT2D eigenvalue weighted by Gasteiger charge is 2.33. The molecule has 0 amide bonds. The van der Waals surface area contributed by atoms with Crippen molar-refractivity contribution in [2.24, 2.45) is 4.99 Å². The molecule has 1 atom stereocenters. The fourth-order valence-corrected chi connectivity index (χ4v) is 5.17. The molecule has 33 heavy (non-hydrogen) atoms. The van der Waals surface area contributed by atoms with Gasteiger partial charge in [-0.2, -0.15) is 0 Å². The number of carbonyl (C=O) groups excluding carboxylic acids is 1. The number of carbonyl (C=O) groups is 1. The van der Waals surface area contributed by atoms with Gasteiger partial charge >= 0.3 is 5.97 Å². The van der Waals surface area contributed by atoms with Gasteiger partial charge in [-0.3, -0.25) is 9.36 Å². The van der Waals surface area contributed by atoms with Crippen molar-refractivity contribution in [2.45, 2.75) is 32.9 Å². The Morgan fingerprint density at radius 3 is 2.58 bits per heavy atom. The van der Waals surface area contributed by atoms with E-state index < -0.39 is 12.0 Å². The summed E-state index contributed by atoms with van der Waals surface area (Å²) in [7, 11) is 1.59. The van der Waals surface area contributed by atoms with Crippen molar-refractivity contribution in [3.05, 3.63) is 95.1 Å². The predicted molar refractivity (Wildman–Crippen MR) is 132 cm³/mol. The minimum Gasteiger partial charge on any atom is -0.497 e. The Labute approximate surface area is 203 Å². The molecule has 1 aromatic heterocycles. The Balaban J connectivity index is 1.94. The maximum absolute atomic E-state index is 13.6. The number of benzene rings is 2. The molecule has 0 aliphatic carbocycles. The lowest BCUT2D eigenvalue weighted by Crippen LogP contribution is -2.40. The van der Waals surface area contributed by atoms with Crippen LogP contribution >= 0.6 is 27.3 Å². The largest absolute Gasteiger partial charge is 0.497 e. The van der Waals surface area contributed by atoms with Gasteiger partial charge in [0.1, 0.15) is 5.75 Å². The van der Waals surface area contributed by atoms with Gasteiger partial charge in [-0.1, -0.05) is 51.5 Å². The van der Waals surface area contributed by atoms with Gasteiger partial charge in [0.15, 0.2) is 4.80 Å². The van der Waals surface area contributed by atoms with Crippen LogP contribution in [0.2, 0.25) is 0 Å². The van der Waals surface area contributed by atoms with Gasteiger partial charge in [0.05, 0.1) is 35.1 Å². The molecular formula is C25H23BrN2O4S. The number of nitrogens with zero attached hydrogens (tertiary/aromatic N) is 2. The molecule has 170 valence electrons. The lowest BCUT2D eigenvalue weighted by Gasteiger charge is -2.25. The zero-order valence-electron chi connectivity index (χ0n) is 18.7. The number of hydrogen-bond acceptors (Lipinski definition) is 6. The fraction of sp³-hybridized carbons (Fsp3) is 0.240. The zero-order chi connectivity index (χ0) is 23.7. The van der Waals surface area contributed by atoms with Crippen molar-refractivity contribution in [3.63, 3.8) is 0 Å². The van der Waals surface area contributed by atoms with Crippen LogP contribution in [0.4, 0.5) is 0 Å². The Hall–Kier alpha value is -2.97. The van der Waals surface area contributed by atoms with Gasteiger partial charge < -0.3 is 9.47 Å². The highest BCUT2D eigenvalue weighted by Crippen LogP contribution is 2.31. The summed E-state index contributed by atoms with van der Waals surface area (Å²) >= 11 is 4.77. The van der Waals surface area contributed by atoms with Crippen molar-refractivity contribution in [2.75, 3.05) is 7.11 Å². The molecule has 1 aliphatic heterocycles. The van der Waals surface area contributed by atoms with Crippen LogP contribution in [0.1, 0.15) is 37.9 Å². The lowest BCUT2D eigenvalue weighted by molar-refractivity contribution is -0.143. The van der Waals surface area contributed by atoms with Crippen molar-refractivity contribution in [1.29, 1.82) is 0 Å². The molecule has 3 aromatic rings. The second kappa shape index (κ2) is 9.49. The summed E-state index contributed by atoms with van der Waals surface area (Å²) in [5.41, 5.74) is 2.36. The Bertz CT molecular complexity index is 1420. The summed E-state index contributed by atoms with van der Waals surface area (Å²) in [6, 6.07) is 14.4. The van der Waals surface area contributed by atoms with Crippen LogP contribution in [0.3, 0.4) is 0 Å². The number of methoxy groups -OCH3 is 1. The van der Waals surface area contributed by atoms with Gasteiger partial charge in [-0.05, 0) is 62.2 Å². The maximum atomic E-state index is 13.6. The van der Waals surface area contributed by atoms with Crippen molar-refractivity contribution in [1.82, 2.24) is 4.57 Å². The molecule has 0 unspecified atom stereocenters. The van der Waals surface area contributed by atoms with E-state index in [2.05, 4.69) is 20.9 Å². The number of halogens is 1. The number of esters is 1. The number of fused-ring (bicyclic) bond motifs is 1. The van der Waals surface area contributed by atoms with Gasteiger partial charge in [0, 0.05) is 4.47 Å². The molecule has 0 N–H and O–H groups in total. The number of ether oxygens (including phenoxy) is 2. The molecule has 0 bridgehead atoms. The Morgan fingerprint density at radius 1 is 1.21 bits per heavy atom. The molecule has 4 rings (SSSR count). The van der Waals surface area contributed by atoms with Crippen LogP contribution in [-0.4, -0.2) is 23.8 Å². The van der Waals surface area contributed by atoms with Crippen LogP contribution in [0.5, 0.6) is 5.75 Å². The average Bonchev–Trinajstić information content (AvgIpc) is 3.07. The molecule has 2 aromatic carbocycles. The smallest absolute Gasteiger partial charge is 0.338 e. The molecule has 0 fully saturated rings. The van der Waals surface area contributed by atoms with E-state index in [9.17, 15) is 9.59 Å². The molecule has 8 heteroatoms. The van der Waals surface area contributed by atoms with Crippen LogP contribution in [0.15, 0.2) is 74.1 Å². The SMILES string of the molecule is COc1ccc([C@@H]2C(C(=O)OC(C)C)=C(C)N=c3s/c(=C\c4cccc(Br)c4)c(=O)n32)cc1. The number of rotatable bonds is 5. The summed E-state index contributed by atoms with van der Waals surface area (Å²) < 4.78 is 13.8. The molecule has 1 aliphatic rings. The summed E-state index contributed by atoms with van der Waals surface area (Å²) in [6.45, 7) is 5.37. The van der Waals surface area contributed by atoms with E-state index >= 15 is 0 Å². The highest BCUT2D eigenvalue weighted by atomic mass is 79.9. The summed E-state index contributed by atoms with van der Waals surface area (Å²) in [4.78, 5) is 31.8. The average molecular weight is 527 g/mol. The first-order valence-electron chi connectivity index (χ1n) is 10.4. The monoisotopic (exact) mass is 526 g/mol. The van der Waals surface area contributed by atoms with Gasteiger partial charge in [0.2, 0.25) is 0 Å². The summed E-state index contributed by atoms with van der Waals surface area (Å²) in [5, 5.41) is 0. The Kier molecular flexibility index (Phi) is 6.67. The first-order valence-corrected chi connectivity index (χ1v) is 12.0. The van der Waals surface area contributed by atoms with E-state index in [0.717, 1.165) is 15.6 Å². The molecule has 0 saturated carbocycles. The van der Waals surface area contributed by atoms with Crippen molar-refractivity contribution >= 4 is 39.3 Å². The van der Waals surface area contributed by atoms with E-state index in [1.54, 1.807) is 32.4 Å². The first-order chi connectivity index (χ1) is 15.8. The van der Waals surface area contributed by atoms with Gasteiger partial charge in [-0.15, -0.1) is 0 Å². The molecule has 6 nitrogen and oxygen atoms in total. The van der Waals surface area contributed by atoms with Crippen LogP contribution < -0.4 is 19.6 Å². The quantitative estimate of drug-likeness (QED) is 0.472. The first kappa shape index (κ1) is 23.2. The molecular weight excluding hydrogens is 504 g/mol. The standard InChI is InChI=1S/C25H23BrN2O4S/c1-14(2)32-24(30)21-15(3)27-25-28(22(21)17-8-10-19(31-4)11-9-17)23(29)20(33-25)13-16-6-5-7-18(26)12-16/h5-14,22H,1-4H3/b20-13-/t22-/m1/s1. The number of aromatic nitrogens is 1. The Morgan fingerprint density at radius 2 is 1.94 bits per heavy atom. The third kappa shape index (κ3) is 4.72. The van der Waals surface area contributed by atoms with Crippen LogP contribution in [-0.2, 0) is 9.53 Å². The molecule has 2 heterocycles. The minimum atomic E-state index is -0.650. The zero-order valence-corrected chi connectivity index (χ0v) is 21.1. The van der Waals surface area contributed by atoms with Crippen LogP contribution in [0.25, 0.3) is 6.08 Å². The molecule has 0 spiro atoms. The third-order valence-electron chi connectivity index (χ3n) is 5.16. The summed E-state index contributed by atoms with van der Waals surface area (Å²) in [5.74, 6) is 0.209. The van der Waals surface area contributed by atoms with Crippen molar-refractivity contribution < 1.29 is 14.3 Å². The van der Waals surface area contributed by atoms with E-state index in [1.807, 2.05) is 54.6 Å². The van der Waals surface area contributed by atoms with Crippen molar-refractivity contribution in [3.8, 4) is 5.75 Å². The third-order valence-corrected chi connectivity index (χ3v) is 6.64. The highest BCUT2D eigenvalue weighted by molar-refractivity contribution is 9.10. The maximum Gasteiger partial charge on any atom is 0.338 e. The second-order valence-electron chi connectivity index (χ2n) is 7.86. The lowest BCUT2D eigenvalue weighted by atomic mass is 9.96. The second-order valence-corrected chi connectivity index (χ2v) is 9.79. The van der Waals surface area contributed by atoms with Gasteiger partial charge in [-0.25, -0.2) is 9.79 Å². The summed E-state index contributed by atoms with van der Waals surface area (Å²) in [6.07, 6.45) is 1.54.